The van der Waals surface area contributed by atoms with Gasteiger partial charge in [-0.3, -0.25) is 4.79 Å². The summed E-state index contributed by atoms with van der Waals surface area (Å²) in [7, 11) is 0. The van der Waals surface area contributed by atoms with Gasteiger partial charge < -0.3 is 10.2 Å². The van der Waals surface area contributed by atoms with Crippen molar-refractivity contribution in [2.45, 2.75) is 19.8 Å². The number of carbonyl (C=O) groups is 2. The van der Waals surface area contributed by atoms with Gasteiger partial charge in [-0.1, -0.05) is 6.08 Å². The molecule has 0 aromatic rings. The number of rotatable bonds is 2. The molecule has 0 aromatic carbocycles. The number of carboxylic acids is 2. The fraction of sp³-hybridized carbons (Fsp3) is 0.600. The lowest BCUT2D eigenvalue weighted by molar-refractivity contribution is -0.143. The van der Waals surface area contributed by atoms with Crippen molar-refractivity contribution in [3.8, 4) is 0 Å². The number of fused-ring (bicyclic) bond motifs is 1. The minimum atomic E-state index is -0.914. The molecule has 0 aromatic heterocycles. The molecule has 4 nitrogen and oxygen atoms in total. The minimum Gasteiger partial charge on any atom is -0.481 e. The van der Waals surface area contributed by atoms with Crippen LogP contribution in [0.1, 0.15) is 19.8 Å². The van der Waals surface area contributed by atoms with Crippen LogP contribution in [0.3, 0.4) is 0 Å². The molecule has 14 heavy (non-hydrogen) atoms. The second kappa shape index (κ2) is 2.59. The second-order valence-electron chi connectivity index (χ2n) is 4.28. The Hall–Kier alpha value is -1.32. The van der Waals surface area contributed by atoms with Crippen LogP contribution in [0.25, 0.3) is 0 Å². The van der Waals surface area contributed by atoms with Crippen LogP contribution in [0.2, 0.25) is 0 Å². The van der Waals surface area contributed by atoms with Crippen molar-refractivity contribution in [1.82, 2.24) is 0 Å². The normalized spacial score (nSPS) is 39.6. The zero-order valence-corrected chi connectivity index (χ0v) is 7.86. The van der Waals surface area contributed by atoms with Crippen molar-refractivity contribution < 1.29 is 19.8 Å². The van der Waals surface area contributed by atoms with E-state index in [1.165, 1.54) is 0 Å². The molecule has 2 N–H and O–H groups in total. The van der Waals surface area contributed by atoms with E-state index >= 15 is 0 Å². The lowest BCUT2D eigenvalue weighted by atomic mass is 10.00. The quantitative estimate of drug-likeness (QED) is 0.694. The summed E-state index contributed by atoms with van der Waals surface area (Å²) in [6.45, 7) is 1.71. The molecule has 3 unspecified atom stereocenters. The molecule has 1 saturated carbocycles. The maximum absolute atomic E-state index is 11.0. The van der Waals surface area contributed by atoms with E-state index in [2.05, 4.69) is 0 Å². The first kappa shape index (κ1) is 9.24. The molecule has 0 aliphatic heterocycles. The van der Waals surface area contributed by atoms with Crippen LogP contribution in [0.4, 0.5) is 0 Å². The third-order valence-electron chi connectivity index (χ3n) is 3.71. The Morgan fingerprint density at radius 1 is 1.43 bits per heavy atom. The molecule has 0 amide bonds. The standard InChI is InChI=1S/C10H12O4/c1-10(9(13)14)6-3-2-5(8(11)12)4-7(6)10/h2,6-7H,3-4H2,1H3,(H,11,12)(H,13,14). The number of carboxylic acid groups (broad SMARTS) is 2. The summed E-state index contributed by atoms with van der Waals surface area (Å²) in [5.41, 5.74) is -0.315. The fourth-order valence-electron chi connectivity index (χ4n) is 2.54. The van der Waals surface area contributed by atoms with Gasteiger partial charge >= 0.3 is 11.9 Å². The molecule has 1 fully saturated rings. The van der Waals surface area contributed by atoms with Gasteiger partial charge in [0, 0.05) is 5.57 Å². The van der Waals surface area contributed by atoms with Crippen molar-refractivity contribution in [3.63, 3.8) is 0 Å². The first-order chi connectivity index (χ1) is 6.48. The van der Waals surface area contributed by atoms with Gasteiger partial charge in [-0.25, -0.2) is 4.79 Å². The van der Waals surface area contributed by atoms with Crippen molar-refractivity contribution in [2.24, 2.45) is 17.3 Å². The highest BCUT2D eigenvalue weighted by Gasteiger charge is 2.66. The van der Waals surface area contributed by atoms with Crippen LogP contribution < -0.4 is 0 Å². The van der Waals surface area contributed by atoms with E-state index in [1.807, 2.05) is 0 Å². The summed E-state index contributed by atoms with van der Waals surface area (Å²) in [6, 6.07) is 0. The van der Waals surface area contributed by atoms with E-state index in [1.54, 1.807) is 13.0 Å². The van der Waals surface area contributed by atoms with Crippen LogP contribution in [0.15, 0.2) is 11.6 Å². The second-order valence-corrected chi connectivity index (χ2v) is 4.28. The van der Waals surface area contributed by atoms with Crippen LogP contribution in [-0.2, 0) is 9.59 Å². The lowest BCUT2D eigenvalue weighted by Gasteiger charge is -2.06. The summed E-state index contributed by atoms with van der Waals surface area (Å²) in [6.07, 6.45) is 2.66. The van der Waals surface area contributed by atoms with Crippen molar-refractivity contribution in [1.29, 1.82) is 0 Å². The molecule has 0 saturated heterocycles. The van der Waals surface area contributed by atoms with Gasteiger partial charge in [0.15, 0.2) is 0 Å². The number of hydrogen-bond donors (Lipinski definition) is 2. The van der Waals surface area contributed by atoms with Crippen LogP contribution in [-0.4, -0.2) is 22.2 Å². The fourth-order valence-corrected chi connectivity index (χ4v) is 2.54. The zero-order chi connectivity index (χ0) is 10.5. The first-order valence-corrected chi connectivity index (χ1v) is 4.63. The van der Waals surface area contributed by atoms with Gasteiger partial charge in [0.05, 0.1) is 5.41 Å². The third kappa shape index (κ3) is 0.997. The molecule has 2 aliphatic carbocycles. The zero-order valence-electron chi connectivity index (χ0n) is 7.86. The summed E-state index contributed by atoms with van der Waals surface area (Å²) in [5, 5.41) is 17.8. The van der Waals surface area contributed by atoms with Gasteiger partial charge in [0.1, 0.15) is 0 Å². The number of aliphatic carboxylic acids is 2. The summed E-state index contributed by atoms with van der Waals surface area (Å²) < 4.78 is 0. The van der Waals surface area contributed by atoms with E-state index in [-0.39, 0.29) is 11.8 Å². The lowest BCUT2D eigenvalue weighted by Crippen LogP contribution is -2.14. The Bertz CT molecular complexity index is 344. The van der Waals surface area contributed by atoms with Gasteiger partial charge in [-0.05, 0) is 31.6 Å². The molecular formula is C10H12O4. The van der Waals surface area contributed by atoms with Gasteiger partial charge in [0.2, 0.25) is 0 Å². The SMILES string of the molecule is CC1(C(=O)O)C2CC=C(C(=O)O)CC21. The summed E-state index contributed by atoms with van der Waals surface area (Å²) in [5.74, 6) is -1.55. The highest BCUT2D eigenvalue weighted by Crippen LogP contribution is 2.64. The molecule has 0 heterocycles. The molecular weight excluding hydrogens is 184 g/mol. The highest BCUT2D eigenvalue weighted by atomic mass is 16.4. The van der Waals surface area contributed by atoms with E-state index in [0.717, 1.165) is 0 Å². The van der Waals surface area contributed by atoms with Crippen molar-refractivity contribution in [2.75, 3.05) is 0 Å². The highest BCUT2D eigenvalue weighted by molar-refractivity contribution is 5.88. The van der Waals surface area contributed by atoms with Crippen LogP contribution in [0.5, 0.6) is 0 Å². The van der Waals surface area contributed by atoms with Crippen LogP contribution in [0, 0.1) is 17.3 Å². The van der Waals surface area contributed by atoms with E-state index < -0.39 is 17.4 Å². The van der Waals surface area contributed by atoms with Crippen molar-refractivity contribution in [3.05, 3.63) is 11.6 Å². The summed E-state index contributed by atoms with van der Waals surface area (Å²) in [4.78, 5) is 21.6. The van der Waals surface area contributed by atoms with Gasteiger partial charge in [-0.15, -0.1) is 0 Å². The number of allylic oxidation sites excluding steroid dienone is 1. The smallest absolute Gasteiger partial charge is 0.331 e. The van der Waals surface area contributed by atoms with Crippen LogP contribution >= 0.6 is 0 Å². The Morgan fingerprint density at radius 3 is 2.57 bits per heavy atom. The molecule has 0 spiro atoms. The Balaban J connectivity index is 2.15. The molecule has 76 valence electrons. The molecule has 3 atom stereocenters. The largest absolute Gasteiger partial charge is 0.481 e. The first-order valence-electron chi connectivity index (χ1n) is 4.63. The Labute approximate surface area is 81.2 Å². The Kier molecular flexibility index (Phi) is 1.71. The maximum atomic E-state index is 11.0. The van der Waals surface area contributed by atoms with E-state index in [0.29, 0.717) is 18.4 Å². The predicted octanol–water partition coefficient (Wildman–Crippen LogP) is 1.13. The monoisotopic (exact) mass is 196 g/mol. The average Bonchev–Trinajstić information content (AvgIpc) is 2.73. The van der Waals surface area contributed by atoms with Crippen molar-refractivity contribution >= 4 is 11.9 Å². The Morgan fingerprint density at radius 2 is 2.07 bits per heavy atom. The molecule has 4 heteroatoms. The third-order valence-corrected chi connectivity index (χ3v) is 3.71. The minimum absolute atomic E-state index is 0.0242. The van der Waals surface area contributed by atoms with E-state index in [9.17, 15) is 9.59 Å². The van der Waals surface area contributed by atoms with E-state index in [4.69, 9.17) is 10.2 Å². The molecule has 0 radical (unpaired) electrons. The van der Waals surface area contributed by atoms with Gasteiger partial charge in [-0.2, -0.15) is 0 Å². The average molecular weight is 196 g/mol. The summed E-state index contributed by atoms with van der Waals surface area (Å²) >= 11 is 0. The maximum Gasteiger partial charge on any atom is 0.331 e. The molecule has 2 aliphatic rings. The molecule has 0 bridgehead atoms. The number of hydrogen-bond acceptors (Lipinski definition) is 2. The predicted molar refractivity (Wildman–Crippen MR) is 47.7 cm³/mol. The topological polar surface area (TPSA) is 74.6 Å². The van der Waals surface area contributed by atoms with Gasteiger partial charge in [0.25, 0.3) is 0 Å². The molecule has 2 rings (SSSR count).